The van der Waals surface area contributed by atoms with E-state index in [0.717, 1.165) is 19.3 Å². The summed E-state index contributed by atoms with van der Waals surface area (Å²) in [6.45, 7) is 4.86. The SMILES string of the molecule is CC(C)CCNC(=O)c1ccnc(C(=O)NC2CC2)c1. The minimum absolute atomic E-state index is 0.159. The number of hydrogen-bond donors (Lipinski definition) is 2. The summed E-state index contributed by atoms with van der Waals surface area (Å²) >= 11 is 0. The molecule has 0 aromatic carbocycles. The van der Waals surface area contributed by atoms with Crippen LogP contribution in [0.3, 0.4) is 0 Å². The summed E-state index contributed by atoms with van der Waals surface area (Å²) in [5.41, 5.74) is 0.776. The molecule has 1 saturated carbocycles. The summed E-state index contributed by atoms with van der Waals surface area (Å²) in [5, 5.41) is 5.71. The second-order valence-corrected chi connectivity index (χ2v) is 5.62. The number of hydrogen-bond acceptors (Lipinski definition) is 3. The first-order valence-corrected chi connectivity index (χ1v) is 7.11. The van der Waals surface area contributed by atoms with Crippen LogP contribution in [0.25, 0.3) is 0 Å². The highest BCUT2D eigenvalue weighted by molar-refractivity contribution is 5.98. The van der Waals surface area contributed by atoms with Crippen molar-refractivity contribution in [2.75, 3.05) is 6.54 Å². The van der Waals surface area contributed by atoms with Crippen LogP contribution in [0.1, 0.15) is 54.0 Å². The van der Waals surface area contributed by atoms with E-state index in [1.807, 2.05) is 0 Å². The maximum Gasteiger partial charge on any atom is 0.270 e. The Labute approximate surface area is 119 Å². The standard InChI is InChI=1S/C15H21N3O2/c1-10(2)5-7-17-14(19)11-6-8-16-13(9-11)15(20)18-12-3-4-12/h6,8-10,12H,3-5,7H2,1-2H3,(H,17,19)(H,18,20). The molecule has 1 aliphatic carbocycles. The van der Waals surface area contributed by atoms with E-state index >= 15 is 0 Å². The van der Waals surface area contributed by atoms with Gasteiger partial charge in [0.2, 0.25) is 0 Å². The van der Waals surface area contributed by atoms with Crippen LogP contribution < -0.4 is 10.6 Å². The van der Waals surface area contributed by atoms with Crippen molar-refractivity contribution in [2.45, 2.75) is 39.2 Å². The lowest BCUT2D eigenvalue weighted by Gasteiger charge is -2.08. The first-order chi connectivity index (χ1) is 9.56. The van der Waals surface area contributed by atoms with Crippen LogP contribution >= 0.6 is 0 Å². The number of carbonyl (C=O) groups is 2. The van der Waals surface area contributed by atoms with Crippen molar-refractivity contribution in [2.24, 2.45) is 5.92 Å². The van der Waals surface area contributed by atoms with E-state index in [9.17, 15) is 9.59 Å². The Balaban J connectivity index is 1.93. The van der Waals surface area contributed by atoms with Crippen LogP contribution in [-0.2, 0) is 0 Å². The lowest BCUT2D eigenvalue weighted by atomic mass is 10.1. The van der Waals surface area contributed by atoms with Gasteiger partial charge in [0.15, 0.2) is 0 Å². The van der Waals surface area contributed by atoms with Crippen LogP contribution in [0, 0.1) is 5.92 Å². The van der Waals surface area contributed by atoms with Crippen LogP contribution in [-0.4, -0.2) is 29.4 Å². The third kappa shape index (κ3) is 4.33. The van der Waals surface area contributed by atoms with E-state index in [2.05, 4.69) is 29.5 Å². The molecular formula is C15H21N3O2. The molecule has 5 heteroatoms. The van der Waals surface area contributed by atoms with Crippen LogP contribution in [0.2, 0.25) is 0 Å². The van der Waals surface area contributed by atoms with Gasteiger partial charge in [0, 0.05) is 24.3 Å². The number of pyridine rings is 1. The molecule has 108 valence electrons. The number of nitrogens with one attached hydrogen (secondary N) is 2. The zero-order valence-electron chi connectivity index (χ0n) is 12.0. The van der Waals surface area contributed by atoms with E-state index in [1.54, 1.807) is 12.1 Å². The Kier molecular flexibility index (Phi) is 4.71. The molecule has 1 aliphatic rings. The Morgan fingerprint density at radius 1 is 1.35 bits per heavy atom. The molecule has 0 saturated heterocycles. The van der Waals surface area contributed by atoms with Gasteiger partial charge in [-0.25, -0.2) is 0 Å². The van der Waals surface area contributed by atoms with Gasteiger partial charge in [-0.05, 0) is 37.3 Å². The minimum atomic E-state index is -0.204. The predicted octanol–water partition coefficient (Wildman–Crippen LogP) is 1.75. The summed E-state index contributed by atoms with van der Waals surface area (Å²) < 4.78 is 0. The van der Waals surface area contributed by atoms with Crippen molar-refractivity contribution >= 4 is 11.8 Å². The maximum atomic E-state index is 12.0. The fourth-order valence-electron chi connectivity index (χ4n) is 1.76. The smallest absolute Gasteiger partial charge is 0.270 e. The fourth-order valence-corrected chi connectivity index (χ4v) is 1.76. The first-order valence-electron chi connectivity index (χ1n) is 7.11. The Hall–Kier alpha value is -1.91. The van der Waals surface area contributed by atoms with Crippen molar-refractivity contribution in [3.8, 4) is 0 Å². The average molecular weight is 275 g/mol. The highest BCUT2D eigenvalue weighted by atomic mass is 16.2. The van der Waals surface area contributed by atoms with E-state index in [4.69, 9.17) is 0 Å². The van der Waals surface area contributed by atoms with Gasteiger partial charge in [-0.1, -0.05) is 13.8 Å². The van der Waals surface area contributed by atoms with Gasteiger partial charge < -0.3 is 10.6 Å². The molecular weight excluding hydrogens is 254 g/mol. The minimum Gasteiger partial charge on any atom is -0.352 e. The first kappa shape index (κ1) is 14.5. The van der Waals surface area contributed by atoms with E-state index in [-0.39, 0.29) is 17.9 Å². The predicted molar refractivity (Wildman–Crippen MR) is 76.5 cm³/mol. The quantitative estimate of drug-likeness (QED) is 0.831. The molecule has 2 amide bonds. The van der Waals surface area contributed by atoms with Crippen LogP contribution in [0.4, 0.5) is 0 Å². The van der Waals surface area contributed by atoms with Crippen molar-refractivity contribution in [1.29, 1.82) is 0 Å². The van der Waals surface area contributed by atoms with Gasteiger partial charge in [-0.15, -0.1) is 0 Å². The van der Waals surface area contributed by atoms with Crippen molar-refractivity contribution in [1.82, 2.24) is 15.6 Å². The van der Waals surface area contributed by atoms with Gasteiger partial charge in [0.25, 0.3) is 11.8 Å². The van der Waals surface area contributed by atoms with E-state index in [0.29, 0.717) is 23.7 Å². The Morgan fingerprint density at radius 3 is 2.75 bits per heavy atom. The molecule has 2 N–H and O–H groups in total. The number of carbonyl (C=O) groups excluding carboxylic acids is 2. The third-order valence-corrected chi connectivity index (χ3v) is 3.17. The van der Waals surface area contributed by atoms with Gasteiger partial charge >= 0.3 is 0 Å². The molecule has 20 heavy (non-hydrogen) atoms. The van der Waals surface area contributed by atoms with Gasteiger partial charge in [0.1, 0.15) is 5.69 Å². The van der Waals surface area contributed by atoms with E-state index in [1.165, 1.54) is 6.20 Å². The molecule has 0 unspecified atom stereocenters. The Morgan fingerprint density at radius 2 is 2.10 bits per heavy atom. The van der Waals surface area contributed by atoms with Crippen molar-refractivity contribution in [3.63, 3.8) is 0 Å². The molecule has 0 aliphatic heterocycles. The zero-order valence-corrected chi connectivity index (χ0v) is 12.0. The fraction of sp³-hybridized carbons (Fsp3) is 0.533. The largest absolute Gasteiger partial charge is 0.352 e. The molecule has 1 aromatic rings. The topological polar surface area (TPSA) is 71.1 Å². The molecule has 0 radical (unpaired) electrons. The van der Waals surface area contributed by atoms with E-state index < -0.39 is 0 Å². The summed E-state index contributed by atoms with van der Waals surface area (Å²) in [5.74, 6) is 0.186. The molecule has 0 bridgehead atoms. The summed E-state index contributed by atoms with van der Waals surface area (Å²) in [7, 11) is 0. The van der Waals surface area contributed by atoms with Gasteiger partial charge in [-0.3, -0.25) is 14.6 Å². The Bertz CT molecular complexity index is 496. The molecule has 1 aromatic heterocycles. The summed E-state index contributed by atoms with van der Waals surface area (Å²) in [6, 6.07) is 3.45. The molecule has 2 rings (SSSR count). The highest BCUT2D eigenvalue weighted by Crippen LogP contribution is 2.19. The lowest BCUT2D eigenvalue weighted by Crippen LogP contribution is -2.28. The number of rotatable bonds is 6. The summed E-state index contributed by atoms with van der Waals surface area (Å²) in [4.78, 5) is 27.9. The van der Waals surface area contributed by atoms with Gasteiger partial charge in [0.05, 0.1) is 0 Å². The van der Waals surface area contributed by atoms with Crippen molar-refractivity contribution in [3.05, 3.63) is 29.6 Å². The molecule has 0 atom stereocenters. The highest BCUT2D eigenvalue weighted by Gasteiger charge is 2.24. The molecule has 1 heterocycles. The number of amides is 2. The van der Waals surface area contributed by atoms with Crippen LogP contribution in [0.5, 0.6) is 0 Å². The second-order valence-electron chi connectivity index (χ2n) is 5.62. The maximum absolute atomic E-state index is 12.0. The summed E-state index contributed by atoms with van der Waals surface area (Å²) in [6.07, 6.45) is 4.49. The zero-order chi connectivity index (χ0) is 14.5. The van der Waals surface area contributed by atoms with Gasteiger partial charge in [-0.2, -0.15) is 0 Å². The van der Waals surface area contributed by atoms with Crippen molar-refractivity contribution < 1.29 is 9.59 Å². The van der Waals surface area contributed by atoms with Crippen LogP contribution in [0.15, 0.2) is 18.3 Å². The molecule has 1 fully saturated rings. The lowest BCUT2D eigenvalue weighted by molar-refractivity contribution is 0.0946. The average Bonchev–Trinajstić information content (AvgIpc) is 3.22. The monoisotopic (exact) mass is 275 g/mol. The number of aromatic nitrogens is 1. The second kappa shape index (κ2) is 6.50. The third-order valence-electron chi connectivity index (χ3n) is 3.17. The number of nitrogens with zero attached hydrogens (tertiary/aromatic N) is 1. The molecule has 0 spiro atoms. The molecule has 5 nitrogen and oxygen atoms in total. The normalized spacial score (nSPS) is 14.2.